The molecule has 0 fully saturated rings. The molecule has 0 saturated heterocycles. The summed E-state index contributed by atoms with van der Waals surface area (Å²) in [4.78, 5) is 11.3. The van der Waals surface area contributed by atoms with Crippen LogP contribution in [-0.4, -0.2) is 39.9 Å². The maximum atomic E-state index is 11.3. The summed E-state index contributed by atoms with van der Waals surface area (Å²) in [5.74, 6) is -0.381. The maximum absolute atomic E-state index is 11.3. The quantitative estimate of drug-likeness (QED) is 0.496. The SMILES string of the molecule is CCCCCCCC(=O)C(O)[C@@H](O)CO. The summed E-state index contributed by atoms with van der Waals surface area (Å²) in [6.45, 7) is 1.54. The Bertz CT molecular complexity index is 170. The lowest BCUT2D eigenvalue weighted by Gasteiger charge is -2.13. The fourth-order valence-corrected chi connectivity index (χ4v) is 1.37. The fourth-order valence-electron chi connectivity index (χ4n) is 1.37. The third-order valence-electron chi connectivity index (χ3n) is 2.41. The van der Waals surface area contributed by atoms with Gasteiger partial charge in [-0.1, -0.05) is 32.6 Å². The van der Waals surface area contributed by atoms with Crippen molar-refractivity contribution in [3.63, 3.8) is 0 Å². The predicted octanol–water partition coefficient (Wildman–Crippen LogP) is 0.630. The Morgan fingerprint density at radius 2 is 1.73 bits per heavy atom. The van der Waals surface area contributed by atoms with Crippen LogP contribution in [0.4, 0.5) is 0 Å². The van der Waals surface area contributed by atoms with Crippen LogP contribution in [-0.2, 0) is 4.79 Å². The van der Waals surface area contributed by atoms with Crippen molar-refractivity contribution in [2.24, 2.45) is 0 Å². The summed E-state index contributed by atoms with van der Waals surface area (Å²) in [5.41, 5.74) is 0. The van der Waals surface area contributed by atoms with Crippen LogP contribution in [0.25, 0.3) is 0 Å². The van der Waals surface area contributed by atoms with Gasteiger partial charge in [0.1, 0.15) is 12.2 Å². The monoisotopic (exact) mass is 218 g/mol. The molecule has 0 aliphatic heterocycles. The molecule has 15 heavy (non-hydrogen) atoms. The lowest BCUT2D eigenvalue weighted by molar-refractivity contribution is -0.134. The molecule has 0 radical (unpaired) electrons. The zero-order valence-corrected chi connectivity index (χ0v) is 9.35. The van der Waals surface area contributed by atoms with Gasteiger partial charge in [-0.05, 0) is 6.42 Å². The van der Waals surface area contributed by atoms with Gasteiger partial charge in [0.15, 0.2) is 5.78 Å². The van der Waals surface area contributed by atoms with Crippen molar-refractivity contribution in [1.29, 1.82) is 0 Å². The lowest BCUT2D eigenvalue weighted by Crippen LogP contribution is -2.36. The van der Waals surface area contributed by atoms with E-state index < -0.39 is 18.8 Å². The second kappa shape index (κ2) is 8.83. The van der Waals surface area contributed by atoms with E-state index in [1.54, 1.807) is 0 Å². The highest BCUT2D eigenvalue weighted by molar-refractivity contribution is 5.83. The summed E-state index contributed by atoms with van der Waals surface area (Å²) < 4.78 is 0. The number of unbranched alkanes of at least 4 members (excludes halogenated alkanes) is 4. The molecule has 4 heteroatoms. The van der Waals surface area contributed by atoms with E-state index in [0.717, 1.165) is 32.1 Å². The highest BCUT2D eigenvalue weighted by Crippen LogP contribution is 2.07. The van der Waals surface area contributed by atoms with Gasteiger partial charge in [-0.15, -0.1) is 0 Å². The first-order valence-electron chi connectivity index (χ1n) is 5.63. The first kappa shape index (κ1) is 14.6. The fraction of sp³-hybridized carbons (Fsp3) is 0.909. The Morgan fingerprint density at radius 1 is 1.13 bits per heavy atom. The molecule has 0 aromatic rings. The average molecular weight is 218 g/mol. The Balaban J connectivity index is 3.56. The van der Waals surface area contributed by atoms with Crippen LogP contribution in [0.2, 0.25) is 0 Å². The van der Waals surface area contributed by atoms with Gasteiger partial charge in [0.05, 0.1) is 6.61 Å². The minimum absolute atomic E-state index is 0.280. The largest absolute Gasteiger partial charge is 0.394 e. The van der Waals surface area contributed by atoms with Crippen LogP contribution < -0.4 is 0 Å². The number of aliphatic hydroxyl groups excluding tert-OH is 3. The number of carbonyl (C=O) groups is 1. The van der Waals surface area contributed by atoms with Crippen LogP contribution in [0.15, 0.2) is 0 Å². The smallest absolute Gasteiger partial charge is 0.164 e. The van der Waals surface area contributed by atoms with Crippen LogP contribution in [0.1, 0.15) is 45.4 Å². The molecule has 0 spiro atoms. The van der Waals surface area contributed by atoms with Gasteiger partial charge in [0.25, 0.3) is 0 Å². The van der Waals surface area contributed by atoms with E-state index >= 15 is 0 Å². The number of hydrogen-bond acceptors (Lipinski definition) is 4. The Morgan fingerprint density at radius 3 is 2.27 bits per heavy atom. The van der Waals surface area contributed by atoms with E-state index in [0.29, 0.717) is 0 Å². The zero-order valence-electron chi connectivity index (χ0n) is 9.35. The number of hydrogen-bond donors (Lipinski definition) is 3. The number of carbonyl (C=O) groups excluding carboxylic acids is 1. The van der Waals surface area contributed by atoms with Crippen LogP contribution in [0.5, 0.6) is 0 Å². The molecular formula is C11H22O4. The topological polar surface area (TPSA) is 77.8 Å². The molecular weight excluding hydrogens is 196 g/mol. The van der Waals surface area contributed by atoms with E-state index in [9.17, 15) is 9.90 Å². The minimum Gasteiger partial charge on any atom is -0.394 e. The van der Waals surface area contributed by atoms with Gasteiger partial charge in [-0.25, -0.2) is 0 Å². The van der Waals surface area contributed by atoms with E-state index in [1.807, 2.05) is 0 Å². The van der Waals surface area contributed by atoms with Gasteiger partial charge >= 0.3 is 0 Å². The highest BCUT2D eigenvalue weighted by atomic mass is 16.4. The van der Waals surface area contributed by atoms with Crippen molar-refractivity contribution in [1.82, 2.24) is 0 Å². The molecule has 3 N–H and O–H groups in total. The van der Waals surface area contributed by atoms with Crippen LogP contribution in [0, 0.1) is 0 Å². The standard InChI is InChI=1S/C11H22O4/c1-2-3-4-5-6-7-9(13)11(15)10(14)8-12/h10-12,14-15H,2-8H2,1H3/t10-,11?/m0/s1. The molecule has 0 aliphatic carbocycles. The summed E-state index contributed by atoms with van der Waals surface area (Å²) >= 11 is 0. The molecule has 0 amide bonds. The van der Waals surface area contributed by atoms with E-state index in [2.05, 4.69) is 6.92 Å². The Labute approximate surface area is 90.9 Å². The second-order valence-corrected chi connectivity index (χ2v) is 3.83. The highest BCUT2D eigenvalue weighted by Gasteiger charge is 2.22. The molecule has 2 atom stereocenters. The van der Waals surface area contributed by atoms with Gasteiger partial charge in [-0.2, -0.15) is 0 Å². The molecule has 0 rings (SSSR count). The van der Waals surface area contributed by atoms with Crippen molar-refractivity contribution in [2.45, 2.75) is 57.7 Å². The molecule has 0 aliphatic rings. The Hall–Kier alpha value is -0.450. The third-order valence-corrected chi connectivity index (χ3v) is 2.41. The summed E-state index contributed by atoms with van der Waals surface area (Å²) in [6, 6.07) is 0. The van der Waals surface area contributed by atoms with E-state index in [-0.39, 0.29) is 12.2 Å². The van der Waals surface area contributed by atoms with Crippen LogP contribution >= 0.6 is 0 Å². The van der Waals surface area contributed by atoms with Gasteiger partial charge in [-0.3, -0.25) is 4.79 Å². The van der Waals surface area contributed by atoms with Crippen LogP contribution in [0.3, 0.4) is 0 Å². The minimum atomic E-state index is -1.43. The first-order chi connectivity index (χ1) is 7.13. The van der Waals surface area contributed by atoms with E-state index in [4.69, 9.17) is 10.2 Å². The molecule has 90 valence electrons. The average Bonchev–Trinajstić information content (AvgIpc) is 2.26. The molecule has 0 aromatic heterocycles. The number of ketones is 1. The molecule has 0 heterocycles. The predicted molar refractivity (Wildman–Crippen MR) is 57.5 cm³/mol. The molecule has 4 nitrogen and oxygen atoms in total. The zero-order chi connectivity index (χ0) is 11.7. The van der Waals surface area contributed by atoms with E-state index in [1.165, 1.54) is 0 Å². The van der Waals surface area contributed by atoms with Crippen molar-refractivity contribution >= 4 is 5.78 Å². The van der Waals surface area contributed by atoms with Crippen molar-refractivity contribution in [3.05, 3.63) is 0 Å². The van der Waals surface area contributed by atoms with Crippen molar-refractivity contribution in [2.75, 3.05) is 6.61 Å². The van der Waals surface area contributed by atoms with Gasteiger partial charge in [0, 0.05) is 6.42 Å². The third kappa shape index (κ3) is 6.60. The maximum Gasteiger partial charge on any atom is 0.164 e. The van der Waals surface area contributed by atoms with Gasteiger partial charge in [0.2, 0.25) is 0 Å². The number of rotatable bonds is 9. The number of aliphatic hydroxyl groups is 3. The normalized spacial score (nSPS) is 14.9. The molecule has 0 aromatic carbocycles. The number of Topliss-reactive ketones (excluding diaryl/α,β-unsaturated/α-hetero) is 1. The first-order valence-corrected chi connectivity index (χ1v) is 5.63. The van der Waals surface area contributed by atoms with Crippen molar-refractivity contribution < 1.29 is 20.1 Å². The molecule has 0 saturated carbocycles. The summed E-state index contributed by atoms with van der Waals surface area (Å²) in [6.07, 6.45) is 2.64. The van der Waals surface area contributed by atoms with Crippen molar-refractivity contribution in [3.8, 4) is 0 Å². The molecule has 0 bridgehead atoms. The summed E-state index contributed by atoms with van der Waals surface area (Å²) in [7, 11) is 0. The Kier molecular flexibility index (Phi) is 8.56. The van der Waals surface area contributed by atoms with Gasteiger partial charge < -0.3 is 15.3 Å². The second-order valence-electron chi connectivity index (χ2n) is 3.83. The molecule has 1 unspecified atom stereocenters. The lowest BCUT2D eigenvalue weighted by atomic mass is 10.0. The summed E-state index contributed by atoms with van der Waals surface area (Å²) in [5, 5.41) is 26.8.